The van der Waals surface area contributed by atoms with Crippen molar-refractivity contribution in [1.29, 1.82) is 0 Å². The van der Waals surface area contributed by atoms with Gasteiger partial charge in [-0.3, -0.25) is 0 Å². The first-order valence-electron chi connectivity index (χ1n) is 8.24. The van der Waals surface area contributed by atoms with Gasteiger partial charge in [-0.05, 0) is 6.42 Å². The molecular formula is C14H19ClF2N6O3S. The molecule has 0 amide bonds. The van der Waals surface area contributed by atoms with E-state index in [4.69, 9.17) is 11.6 Å². The molecule has 1 aliphatic heterocycles. The van der Waals surface area contributed by atoms with E-state index < -0.39 is 34.5 Å². The van der Waals surface area contributed by atoms with Crippen LogP contribution in [0.5, 0.6) is 0 Å². The number of piperidine rings is 1. The number of anilines is 1. The fourth-order valence-corrected chi connectivity index (χ4v) is 4.05. The van der Waals surface area contributed by atoms with Crippen LogP contribution in [0.4, 0.5) is 14.7 Å². The molecule has 150 valence electrons. The molecule has 0 saturated carbocycles. The van der Waals surface area contributed by atoms with Crippen LogP contribution in [0.2, 0.25) is 5.15 Å². The van der Waals surface area contributed by atoms with E-state index in [1.54, 1.807) is 4.52 Å². The fourth-order valence-electron chi connectivity index (χ4n) is 2.89. The summed E-state index contributed by atoms with van der Waals surface area (Å²) in [5, 5.41) is 17.7. The van der Waals surface area contributed by atoms with Gasteiger partial charge in [-0.25, -0.2) is 22.9 Å². The number of aliphatic hydroxyl groups excluding tert-OH is 1. The Bertz CT molecular complexity index is 938. The first-order chi connectivity index (χ1) is 12.6. The molecule has 2 N–H and O–H groups in total. The Labute approximate surface area is 159 Å². The number of hydrogen-bond donors (Lipinski definition) is 2. The largest absolute Gasteiger partial charge is 0.390 e. The Kier molecular flexibility index (Phi) is 5.52. The summed E-state index contributed by atoms with van der Waals surface area (Å²) >= 11 is 6.08. The molecule has 1 fully saturated rings. The summed E-state index contributed by atoms with van der Waals surface area (Å²) < 4.78 is 50.5. The van der Waals surface area contributed by atoms with Gasteiger partial charge in [-0.2, -0.15) is 13.1 Å². The average Bonchev–Trinajstić information content (AvgIpc) is 2.93. The third kappa shape index (κ3) is 3.84. The summed E-state index contributed by atoms with van der Waals surface area (Å²) in [5.41, 5.74) is 0.532. The average molecular weight is 425 g/mol. The predicted octanol–water partition coefficient (Wildman–Crippen LogP) is 1.30. The molecular weight excluding hydrogens is 406 g/mol. The number of sulfonamides is 1. The minimum atomic E-state index is -4.72. The number of fused-ring (bicyclic) bond motifs is 1. The van der Waals surface area contributed by atoms with E-state index in [9.17, 15) is 22.3 Å². The number of hydrogen-bond acceptors (Lipinski definition) is 7. The molecule has 0 unspecified atom stereocenters. The van der Waals surface area contributed by atoms with Gasteiger partial charge in [0.2, 0.25) is 5.95 Å². The molecule has 1 aliphatic rings. The van der Waals surface area contributed by atoms with E-state index in [2.05, 4.69) is 20.4 Å². The number of aromatic nitrogens is 4. The lowest BCUT2D eigenvalue weighted by molar-refractivity contribution is 0.0904. The van der Waals surface area contributed by atoms with E-state index in [1.165, 1.54) is 6.20 Å². The first kappa shape index (κ1) is 20.1. The van der Waals surface area contributed by atoms with Crippen molar-refractivity contribution in [3.05, 3.63) is 17.2 Å². The molecule has 2 aromatic heterocycles. The quantitative estimate of drug-likeness (QED) is 0.743. The lowest BCUT2D eigenvalue weighted by atomic mass is 10.0. The maximum absolute atomic E-state index is 12.7. The van der Waals surface area contributed by atoms with Crippen LogP contribution in [0.25, 0.3) is 5.52 Å². The highest BCUT2D eigenvalue weighted by molar-refractivity contribution is 7.89. The Morgan fingerprint density at radius 3 is 2.70 bits per heavy atom. The minimum Gasteiger partial charge on any atom is -0.390 e. The summed E-state index contributed by atoms with van der Waals surface area (Å²) in [6, 6.07) is -0.590. The minimum absolute atomic E-state index is 0.0566. The molecule has 13 heteroatoms. The van der Waals surface area contributed by atoms with Gasteiger partial charge < -0.3 is 10.4 Å². The number of aliphatic hydroxyl groups is 1. The van der Waals surface area contributed by atoms with Crippen molar-refractivity contribution in [2.45, 2.75) is 44.1 Å². The summed E-state index contributed by atoms with van der Waals surface area (Å²) in [5.74, 6) is -2.63. The normalized spacial score (nSPS) is 22.1. The van der Waals surface area contributed by atoms with Crippen molar-refractivity contribution in [2.24, 2.45) is 0 Å². The lowest BCUT2D eigenvalue weighted by Gasteiger charge is -2.35. The third-order valence-electron chi connectivity index (χ3n) is 4.33. The van der Waals surface area contributed by atoms with Crippen molar-refractivity contribution >= 4 is 33.1 Å². The van der Waals surface area contributed by atoms with Crippen molar-refractivity contribution in [1.82, 2.24) is 23.9 Å². The highest BCUT2D eigenvalue weighted by atomic mass is 35.5. The summed E-state index contributed by atoms with van der Waals surface area (Å²) in [4.78, 5) is 8.38. The second-order valence-corrected chi connectivity index (χ2v) is 8.83. The highest BCUT2D eigenvalue weighted by Crippen LogP contribution is 2.24. The number of nitrogens with one attached hydrogen (secondary N) is 1. The van der Waals surface area contributed by atoms with Crippen LogP contribution in [-0.4, -0.2) is 68.4 Å². The Morgan fingerprint density at radius 1 is 1.41 bits per heavy atom. The van der Waals surface area contributed by atoms with E-state index in [-0.39, 0.29) is 30.0 Å². The molecule has 0 aliphatic carbocycles. The molecule has 27 heavy (non-hydrogen) atoms. The Hall–Kier alpha value is -1.63. The van der Waals surface area contributed by atoms with Gasteiger partial charge in [0, 0.05) is 19.0 Å². The zero-order chi connectivity index (χ0) is 19.9. The number of nitrogens with zero attached hydrogens (tertiary/aromatic N) is 5. The molecule has 3 heterocycles. The van der Waals surface area contributed by atoms with Gasteiger partial charge in [0.15, 0.2) is 5.15 Å². The highest BCUT2D eigenvalue weighted by Gasteiger charge is 2.38. The fraction of sp³-hybridized carbons (Fsp3) is 0.643. The summed E-state index contributed by atoms with van der Waals surface area (Å²) in [6.45, 7) is 3.30. The van der Waals surface area contributed by atoms with Gasteiger partial charge in [0.25, 0.3) is 10.0 Å². The second-order valence-electron chi connectivity index (χ2n) is 6.56. The zero-order valence-electron chi connectivity index (χ0n) is 14.5. The third-order valence-corrected chi connectivity index (χ3v) is 6.11. The molecule has 3 rings (SSSR count). The number of rotatable bonds is 5. The van der Waals surface area contributed by atoms with Crippen molar-refractivity contribution in [3.63, 3.8) is 0 Å². The maximum Gasteiger partial charge on any atom is 0.350 e. The van der Waals surface area contributed by atoms with Gasteiger partial charge >= 0.3 is 5.76 Å². The molecule has 9 nitrogen and oxygen atoms in total. The van der Waals surface area contributed by atoms with Crippen molar-refractivity contribution < 1.29 is 22.3 Å². The van der Waals surface area contributed by atoms with Crippen LogP contribution in [-0.2, 0) is 10.0 Å². The van der Waals surface area contributed by atoms with Gasteiger partial charge in [-0.1, -0.05) is 25.4 Å². The molecule has 1 saturated heterocycles. The topological polar surface area (TPSA) is 113 Å². The summed E-state index contributed by atoms with van der Waals surface area (Å²) in [7, 11) is -4.72. The van der Waals surface area contributed by atoms with Crippen LogP contribution >= 0.6 is 11.6 Å². The summed E-state index contributed by atoms with van der Waals surface area (Å²) in [6.07, 6.45) is 0.415. The van der Waals surface area contributed by atoms with Crippen molar-refractivity contribution in [3.8, 4) is 0 Å². The Balaban J connectivity index is 1.77. The Morgan fingerprint density at radius 2 is 2.11 bits per heavy atom. The second kappa shape index (κ2) is 7.41. The number of β-amino-alcohol motifs (C(OH)–C–C–N with tert-alkyl or cyclic N) is 1. The molecule has 0 aromatic carbocycles. The van der Waals surface area contributed by atoms with Gasteiger partial charge in [0.05, 0.1) is 18.3 Å². The van der Waals surface area contributed by atoms with E-state index in [0.717, 1.165) is 0 Å². The van der Waals surface area contributed by atoms with Crippen LogP contribution in [0.1, 0.15) is 32.0 Å². The molecule has 0 radical (unpaired) electrons. The van der Waals surface area contributed by atoms with E-state index >= 15 is 0 Å². The van der Waals surface area contributed by atoms with E-state index in [0.29, 0.717) is 15.6 Å². The van der Waals surface area contributed by atoms with Gasteiger partial charge in [-0.15, -0.1) is 5.10 Å². The lowest BCUT2D eigenvalue weighted by Crippen LogP contribution is -2.52. The number of imidazole rings is 1. The number of alkyl halides is 2. The smallest absolute Gasteiger partial charge is 0.350 e. The molecule has 2 atom stereocenters. The van der Waals surface area contributed by atoms with Gasteiger partial charge in [0.1, 0.15) is 11.3 Å². The maximum atomic E-state index is 12.7. The van der Waals surface area contributed by atoms with Crippen LogP contribution < -0.4 is 5.32 Å². The zero-order valence-corrected chi connectivity index (χ0v) is 16.1. The van der Waals surface area contributed by atoms with Crippen LogP contribution in [0.15, 0.2) is 6.20 Å². The molecule has 0 spiro atoms. The van der Waals surface area contributed by atoms with Crippen LogP contribution in [0.3, 0.4) is 0 Å². The number of halogens is 3. The van der Waals surface area contributed by atoms with Crippen molar-refractivity contribution in [2.75, 3.05) is 18.4 Å². The molecule has 2 aromatic rings. The predicted molar refractivity (Wildman–Crippen MR) is 94.4 cm³/mol. The standard InChI is InChI=1S/C14H19ClF2N6O3S/c1-7(2)12-20-11(15)9-5-18-14(21-23(9)12)19-8-3-4-22(6-10(8)24)27(25,26)13(16)17/h5,7-8,10,13,24H,3-4,6H2,1-2H3,(H,19,21)/t8-,10-/m1/s1. The first-order valence-corrected chi connectivity index (χ1v) is 10.1. The van der Waals surface area contributed by atoms with E-state index in [1.807, 2.05) is 13.8 Å². The SMILES string of the molecule is CC(C)c1nc(Cl)c2cnc(N[C@@H]3CCN(S(=O)(=O)C(F)F)C[C@H]3O)nn12. The monoisotopic (exact) mass is 424 g/mol. The molecule has 0 bridgehead atoms. The van der Waals surface area contributed by atoms with Crippen LogP contribution in [0, 0.1) is 0 Å².